The second-order valence-electron chi connectivity index (χ2n) is 7.07. The van der Waals surface area contributed by atoms with Gasteiger partial charge in [0.15, 0.2) is 0 Å². The molecule has 3 aromatic carbocycles. The number of nitrogens with zero attached hydrogens (tertiary/aromatic N) is 1. The van der Waals surface area contributed by atoms with Gasteiger partial charge in [0.2, 0.25) is 0 Å². The Labute approximate surface area is 180 Å². The zero-order valence-corrected chi connectivity index (χ0v) is 18.1. The van der Waals surface area contributed by atoms with Gasteiger partial charge in [-0.25, -0.2) is 0 Å². The quantitative estimate of drug-likeness (QED) is 0.292. The van der Waals surface area contributed by atoms with Crippen molar-refractivity contribution in [2.45, 2.75) is 20.1 Å². The molecule has 1 aromatic heterocycles. The Morgan fingerprint density at radius 3 is 2.34 bits per heavy atom. The van der Waals surface area contributed by atoms with Gasteiger partial charge in [0.25, 0.3) is 0 Å². The van der Waals surface area contributed by atoms with Crippen molar-refractivity contribution < 1.29 is 9.47 Å². The van der Waals surface area contributed by atoms with Crippen molar-refractivity contribution in [2.24, 2.45) is 0 Å². The monoisotopic (exact) mass is 449 g/mol. The summed E-state index contributed by atoms with van der Waals surface area (Å²) in [5.41, 5.74) is 4.89. The van der Waals surface area contributed by atoms with Crippen molar-refractivity contribution in [3.63, 3.8) is 0 Å². The highest BCUT2D eigenvalue weighted by Gasteiger charge is 2.08. The van der Waals surface area contributed by atoms with E-state index < -0.39 is 0 Å². The largest absolute Gasteiger partial charge is 0.493 e. The molecule has 29 heavy (non-hydrogen) atoms. The molecule has 0 amide bonds. The Hall–Kier alpha value is -2.72. The molecule has 148 valence electrons. The number of rotatable bonds is 8. The predicted molar refractivity (Wildman–Crippen MR) is 122 cm³/mol. The normalized spacial score (nSPS) is 11.0. The maximum Gasteiger partial charge on any atom is 0.120 e. The van der Waals surface area contributed by atoms with Crippen LogP contribution in [0.2, 0.25) is 0 Å². The third kappa shape index (κ3) is 4.83. The van der Waals surface area contributed by atoms with Crippen molar-refractivity contribution in [3.05, 3.63) is 95.7 Å². The lowest BCUT2D eigenvalue weighted by atomic mass is 10.2. The lowest BCUT2D eigenvalue weighted by Gasteiger charge is -2.09. The number of alkyl halides is 1. The van der Waals surface area contributed by atoms with Gasteiger partial charge >= 0.3 is 0 Å². The third-order valence-electron chi connectivity index (χ3n) is 4.92. The van der Waals surface area contributed by atoms with Gasteiger partial charge in [0.1, 0.15) is 18.1 Å². The van der Waals surface area contributed by atoms with E-state index in [1.807, 2.05) is 30.3 Å². The highest BCUT2D eigenvalue weighted by Crippen LogP contribution is 2.27. The van der Waals surface area contributed by atoms with Gasteiger partial charge in [0, 0.05) is 29.0 Å². The lowest BCUT2D eigenvalue weighted by molar-refractivity contribution is 0.306. The van der Waals surface area contributed by atoms with Gasteiger partial charge in [0.05, 0.1) is 6.61 Å². The summed E-state index contributed by atoms with van der Waals surface area (Å²) in [5.74, 6) is 1.80. The second kappa shape index (κ2) is 9.19. The minimum absolute atomic E-state index is 0.579. The van der Waals surface area contributed by atoms with E-state index >= 15 is 0 Å². The highest BCUT2D eigenvalue weighted by atomic mass is 79.9. The molecule has 0 aliphatic carbocycles. The molecule has 0 spiro atoms. The molecule has 0 bridgehead atoms. The fourth-order valence-electron chi connectivity index (χ4n) is 3.46. The summed E-state index contributed by atoms with van der Waals surface area (Å²) in [5, 5.41) is 2.06. The number of fused-ring (bicyclic) bond motifs is 1. The van der Waals surface area contributed by atoms with E-state index in [9.17, 15) is 0 Å². The molecular formula is C25H24BrNO2. The molecule has 0 unspecified atom stereocenters. The molecule has 4 rings (SSSR count). The summed E-state index contributed by atoms with van der Waals surface area (Å²) in [6, 6.07) is 24.9. The van der Waals surface area contributed by atoms with Crippen molar-refractivity contribution in [2.75, 3.05) is 11.9 Å². The molecule has 4 aromatic rings. The van der Waals surface area contributed by atoms with Crippen molar-refractivity contribution in [3.8, 4) is 11.5 Å². The van der Waals surface area contributed by atoms with E-state index in [0.717, 1.165) is 23.4 Å². The SMILES string of the molecule is Cc1cn(Cc2ccc(OCCBr)cc2)c2ccc(OCc3ccccc3)cc12. The summed E-state index contributed by atoms with van der Waals surface area (Å²) in [4.78, 5) is 0. The minimum atomic E-state index is 0.579. The first kappa shape index (κ1) is 19.6. The van der Waals surface area contributed by atoms with Gasteiger partial charge < -0.3 is 14.0 Å². The average molecular weight is 450 g/mol. The number of benzene rings is 3. The van der Waals surface area contributed by atoms with Crippen LogP contribution in [0.5, 0.6) is 11.5 Å². The van der Waals surface area contributed by atoms with Gasteiger partial charge in [-0.3, -0.25) is 0 Å². The number of aryl methyl sites for hydroxylation is 1. The van der Waals surface area contributed by atoms with Crippen LogP contribution in [0.4, 0.5) is 0 Å². The van der Waals surface area contributed by atoms with Crippen molar-refractivity contribution >= 4 is 26.8 Å². The van der Waals surface area contributed by atoms with E-state index in [1.165, 1.54) is 27.6 Å². The second-order valence-corrected chi connectivity index (χ2v) is 7.87. The Bertz CT molecular complexity index is 1070. The molecule has 0 N–H and O–H groups in total. The number of ether oxygens (including phenoxy) is 2. The Morgan fingerprint density at radius 1 is 0.828 bits per heavy atom. The van der Waals surface area contributed by atoms with Crippen LogP contribution in [0.15, 0.2) is 79.0 Å². The van der Waals surface area contributed by atoms with Gasteiger partial charge in [-0.15, -0.1) is 0 Å². The Morgan fingerprint density at radius 2 is 1.59 bits per heavy atom. The maximum atomic E-state index is 6.00. The Kier molecular flexibility index (Phi) is 6.20. The minimum Gasteiger partial charge on any atom is -0.493 e. The summed E-state index contributed by atoms with van der Waals surface area (Å²) in [6.45, 7) is 4.23. The van der Waals surface area contributed by atoms with E-state index in [0.29, 0.717) is 13.2 Å². The molecule has 0 atom stereocenters. The summed E-state index contributed by atoms with van der Waals surface area (Å²) >= 11 is 3.38. The molecule has 1 heterocycles. The van der Waals surface area contributed by atoms with E-state index in [2.05, 4.69) is 76.1 Å². The first-order chi connectivity index (χ1) is 14.2. The Balaban J connectivity index is 1.49. The molecule has 0 saturated heterocycles. The number of hydrogen-bond donors (Lipinski definition) is 0. The lowest BCUT2D eigenvalue weighted by Crippen LogP contribution is -2.00. The summed E-state index contributed by atoms with van der Waals surface area (Å²) in [6.07, 6.45) is 2.21. The summed E-state index contributed by atoms with van der Waals surface area (Å²) in [7, 11) is 0. The molecule has 0 aliphatic heterocycles. The fraction of sp³-hybridized carbons (Fsp3) is 0.200. The number of halogens is 1. The fourth-order valence-corrected chi connectivity index (χ4v) is 3.62. The average Bonchev–Trinajstić information content (AvgIpc) is 3.07. The zero-order chi connectivity index (χ0) is 20.1. The summed E-state index contributed by atoms with van der Waals surface area (Å²) < 4.78 is 13.9. The van der Waals surface area contributed by atoms with Gasteiger partial charge in [-0.2, -0.15) is 0 Å². The first-order valence-corrected chi connectivity index (χ1v) is 10.9. The molecule has 3 nitrogen and oxygen atoms in total. The number of aromatic nitrogens is 1. The van der Waals surface area contributed by atoms with Crippen LogP contribution in [-0.2, 0) is 13.2 Å². The third-order valence-corrected chi connectivity index (χ3v) is 5.25. The molecule has 4 heteroatoms. The van der Waals surface area contributed by atoms with Gasteiger partial charge in [-0.1, -0.05) is 58.4 Å². The van der Waals surface area contributed by atoms with Crippen LogP contribution >= 0.6 is 15.9 Å². The van der Waals surface area contributed by atoms with E-state index in [-0.39, 0.29) is 0 Å². The van der Waals surface area contributed by atoms with Crippen LogP contribution in [0.25, 0.3) is 10.9 Å². The predicted octanol–water partition coefficient (Wildman–Crippen LogP) is 6.35. The van der Waals surface area contributed by atoms with Crippen LogP contribution in [0.3, 0.4) is 0 Å². The maximum absolute atomic E-state index is 6.00. The molecule has 0 radical (unpaired) electrons. The van der Waals surface area contributed by atoms with E-state index in [4.69, 9.17) is 9.47 Å². The van der Waals surface area contributed by atoms with Crippen molar-refractivity contribution in [1.29, 1.82) is 0 Å². The van der Waals surface area contributed by atoms with Crippen molar-refractivity contribution in [1.82, 2.24) is 4.57 Å². The van der Waals surface area contributed by atoms with Crippen LogP contribution in [0, 0.1) is 6.92 Å². The molecule has 0 saturated carbocycles. The standard InChI is InChI=1S/C25H24BrNO2/c1-19-16-27(17-20-7-9-22(10-8-20)28-14-13-26)25-12-11-23(15-24(19)25)29-18-21-5-3-2-4-6-21/h2-12,15-16H,13-14,17-18H2,1H3. The van der Waals surface area contributed by atoms with Crippen LogP contribution in [0.1, 0.15) is 16.7 Å². The van der Waals surface area contributed by atoms with E-state index in [1.54, 1.807) is 0 Å². The van der Waals surface area contributed by atoms with Crippen LogP contribution < -0.4 is 9.47 Å². The van der Waals surface area contributed by atoms with Crippen LogP contribution in [-0.4, -0.2) is 16.5 Å². The smallest absolute Gasteiger partial charge is 0.120 e. The highest BCUT2D eigenvalue weighted by molar-refractivity contribution is 9.09. The molecule has 0 fully saturated rings. The topological polar surface area (TPSA) is 23.4 Å². The zero-order valence-electron chi connectivity index (χ0n) is 16.5. The molecular weight excluding hydrogens is 426 g/mol. The first-order valence-electron chi connectivity index (χ1n) is 9.77. The number of hydrogen-bond acceptors (Lipinski definition) is 2. The molecule has 0 aliphatic rings. The van der Waals surface area contributed by atoms with Gasteiger partial charge in [-0.05, 0) is 53.9 Å².